The predicted octanol–water partition coefficient (Wildman–Crippen LogP) is 8.96. The van der Waals surface area contributed by atoms with Gasteiger partial charge in [-0.1, -0.05) is 79.1 Å². The molecule has 45 heavy (non-hydrogen) atoms. The van der Waals surface area contributed by atoms with E-state index in [1.165, 1.54) is 27.9 Å². The lowest BCUT2D eigenvalue weighted by Gasteiger charge is -2.25. The molecule has 1 aliphatic rings. The Morgan fingerprint density at radius 2 is 1.51 bits per heavy atom. The summed E-state index contributed by atoms with van der Waals surface area (Å²) < 4.78 is 19.7. The van der Waals surface area contributed by atoms with Gasteiger partial charge in [-0.2, -0.15) is 0 Å². The van der Waals surface area contributed by atoms with Crippen LogP contribution < -0.4 is 14.2 Å². The molecule has 1 aromatic heterocycles. The van der Waals surface area contributed by atoms with Gasteiger partial charge in [-0.15, -0.1) is 0 Å². The van der Waals surface area contributed by atoms with E-state index < -0.39 is 0 Å². The molecule has 6 rings (SSSR count). The van der Waals surface area contributed by atoms with E-state index in [9.17, 15) is 0 Å². The molecule has 6 nitrogen and oxygen atoms in total. The van der Waals surface area contributed by atoms with Crippen LogP contribution in [-0.2, 0) is 26.2 Å². The number of hydrogen-bond acceptors (Lipinski definition) is 5. The normalized spacial score (nSPS) is 12.2. The van der Waals surface area contributed by atoms with E-state index in [1.54, 1.807) is 0 Å². The van der Waals surface area contributed by atoms with Crippen molar-refractivity contribution in [2.45, 2.75) is 66.7 Å². The van der Waals surface area contributed by atoms with Gasteiger partial charge >= 0.3 is 0 Å². The first-order valence-corrected chi connectivity index (χ1v) is 16.1. The second kappa shape index (κ2) is 14.0. The Labute approximate surface area is 267 Å². The minimum Gasteiger partial charge on any atom is -0.494 e. The van der Waals surface area contributed by atoms with E-state index in [-0.39, 0.29) is 6.79 Å². The highest BCUT2D eigenvalue weighted by Crippen LogP contribution is 2.35. The van der Waals surface area contributed by atoms with Gasteiger partial charge in [-0.05, 0) is 74.7 Å². The zero-order valence-electron chi connectivity index (χ0n) is 26.9. The summed E-state index contributed by atoms with van der Waals surface area (Å²) in [5, 5.41) is 0. The fourth-order valence-electron chi connectivity index (χ4n) is 6.19. The van der Waals surface area contributed by atoms with Gasteiger partial charge in [0.25, 0.3) is 0 Å². The lowest BCUT2D eigenvalue weighted by atomic mass is 10.0. The molecule has 0 fully saturated rings. The van der Waals surface area contributed by atoms with Crippen LogP contribution in [0.3, 0.4) is 0 Å². The molecule has 0 atom stereocenters. The number of rotatable bonds is 13. The molecule has 6 heteroatoms. The molecule has 232 valence electrons. The zero-order valence-corrected chi connectivity index (χ0v) is 26.9. The van der Waals surface area contributed by atoms with Gasteiger partial charge < -0.3 is 18.8 Å². The van der Waals surface area contributed by atoms with Crippen LogP contribution >= 0.6 is 0 Å². The quantitative estimate of drug-likeness (QED) is 0.135. The SMILES string of the molecule is CCCCn1c(-c2ccccc2)nc(-c2cc(C)cc(C)c2)c1CN(Cc1cccc(OCC)c1)Cc1ccc2c(c1)OCO2. The maximum Gasteiger partial charge on any atom is 0.231 e. The lowest BCUT2D eigenvalue weighted by molar-refractivity contribution is 0.174. The van der Waals surface area contributed by atoms with Crippen molar-refractivity contribution >= 4 is 0 Å². The van der Waals surface area contributed by atoms with Crippen molar-refractivity contribution in [2.24, 2.45) is 0 Å². The summed E-state index contributed by atoms with van der Waals surface area (Å²) in [4.78, 5) is 7.92. The van der Waals surface area contributed by atoms with Crippen LogP contribution in [0.4, 0.5) is 0 Å². The molecule has 1 aliphatic heterocycles. The number of benzene rings is 4. The van der Waals surface area contributed by atoms with Crippen molar-refractivity contribution in [1.29, 1.82) is 0 Å². The highest BCUT2D eigenvalue weighted by atomic mass is 16.7. The van der Waals surface area contributed by atoms with Crippen LogP contribution in [0, 0.1) is 13.8 Å². The summed E-state index contributed by atoms with van der Waals surface area (Å²) in [7, 11) is 0. The minimum atomic E-state index is 0.269. The average molecular weight is 602 g/mol. The largest absolute Gasteiger partial charge is 0.494 e. The molecule has 0 radical (unpaired) electrons. The fraction of sp³-hybridized carbons (Fsp3) is 0.308. The summed E-state index contributed by atoms with van der Waals surface area (Å²) in [6, 6.07) is 32.1. The first-order chi connectivity index (χ1) is 22.0. The molecule has 2 heterocycles. The van der Waals surface area contributed by atoms with Gasteiger partial charge in [0.2, 0.25) is 6.79 Å². The molecule has 4 aromatic carbocycles. The first kappa shape index (κ1) is 30.5. The Morgan fingerprint density at radius 3 is 2.27 bits per heavy atom. The summed E-state index contributed by atoms with van der Waals surface area (Å²) >= 11 is 0. The Morgan fingerprint density at radius 1 is 0.756 bits per heavy atom. The first-order valence-electron chi connectivity index (χ1n) is 16.1. The van der Waals surface area contributed by atoms with E-state index in [1.807, 2.05) is 19.1 Å². The molecule has 0 saturated heterocycles. The summed E-state index contributed by atoms with van der Waals surface area (Å²) in [5.74, 6) is 3.53. The van der Waals surface area contributed by atoms with Crippen LogP contribution in [0.5, 0.6) is 17.2 Å². The number of ether oxygens (including phenoxy) is 3. The number of hydrogen-bond donors (Lipinski definition) is 0. The van der Waals surface area contributed by atoms with E-state index in [0.29, 0.717) is 6.61 Å². The number of unbranched alkanes of at least 4 members (excludes halogenated alkanes) is 1. The standard InChI is InChI=1S/C39H43N3O3/c1-5-7-18-42-35(38(33-20-28(3)19-29(4)21-33)40-39(42)32-13-9-8-10-14-32)26-41(24-30-12-11-15-34(22-30)43-6-2)25-31-16-17-36-37(23-31)45-27-44-36/h8-17,19-23H,5-7,18,24-27H2,1-4H3. The summed E-state index contributed by atoms with van der Waals surface area (Å²) in [6.07, 6.45) is 2.18. The van der Waals surface area contributed by atoms with Crippen molar-refractivity contribution in [3.63, 3.8) is 0 Å². The molecule has 0 unspecified atom stereocenters. The van der Waals surface area contributed by atoms with Crippen molar-refractivity contribution in [2.75, 3.05) is 13.4 Å². The van der Waals surface area contributed by atoms with Crippen LogP contribution in [0.15, 0.2) is 91.0 Å². The molecule has 0 bridgehead atoms. The Kier molecular flexibility index (Phi) is 9.51. The van der Waals surface area contributed by atoms with Crippen molar-refractivity contribution in [3.05, 3.63) is 119 Å². The predicted molar refractivity (Wildman–Crippen MR) is 181 cm³/mol. The van der Waals surface area contributed by atoms with Crippen LogP contribution in [0.1, 0.15) is 54.6 Å². The van der Waals surface area contributed by atoms with Gasteiger partial charge in [0.15, 0.2) is 11.5 Å². The van der Waals surface area contributed by atoms with Crippen LogP contribution in [-0.4, -0.2) is 27.9 Å². The average Bonchev–Trinajstić information content (AvgIpc) is 3.65. The number of aryl methyl sites for hydroxylation is 2. The van der Waals surface area contributed by atoms with Crippen LogP contribution in [0.2, 0.25) is 0 Å². The maximum atomic E-state index is 5.87. The maximum absolute atomic E-state index is 5.87. The number of nitrogens with zero attached hydrogens (tertiary/aromatic N) is 3. The minimum absolute atomic E-state index is 0.269. The third kappa shape index (κ3) is 7.23. The van der Waals surface area contributed by atoms with E-state index >= 15 is 0 Å². The summed E-state index contributed by atoms with van der Waals surface area (Å²) in [6.45, 7) is 12.6. The Hall–Kier alpha value is -4.55. The van der Waals surface area contributed by atoms with Gasteiger partial charge in [-0.25, -0.2) is 4.98 Å². The lowest BCUT2D eigenvalue weighted by Crippen LogP contribution is -2.24. The molecule has 0 aliphatic carbocycles. The molecular weight excluding hydrogens is 558 g/mol. The Balaban J connectivity index is 1.46. The smallest absolute Gasteiger partial charge is 0.231 e. The topological polar surface area (TPSA) is 48.8 Å². The summed E-state index contributed by atoms with van der Waals surface area (Å²) in [5.41, 5.74) is 9.45. The highest BCUT2D eigenvalue weighted by Gasteiger charge is 2.23. The molecule has 0 spiro atoms. The van der Waals surface area contributed by atoms with E-state index in [4.69, 9.17) is 19.2 Å². The monoisotopic (exact) mass is 601 g/mol. The van der Waals surface area contributed by atoms with Crippen LogP contribution in [0.25, 0.3) is 22.6 Å². The second-order valence-electron chi connectivity index (χ2n) is 11.9. The molecule has 0 amide bonds. The molecular formula is C39H43N3O3. The number of aromatic nitrogens is 2. The highest BCUT2D eigenvalue weighted by molar-refractivity contribution is 5.69. The number of imidazole rings is 1. The third-order valence-corrected chi connectivity index (χ3v) is 8.17. The van der Waals surface area contributed by atoms with Crippen molar-refractivity contribution in [3.8, 4) is 39.9 Å². The molecule has 0 N–H and O–H groups in total. The van der Waals surface area contributed by atoms with Gasteiger partial charge in [0.1, 0.15) is 11.6 Å². The fourth-order valence-corrected chi connectivity index (χ4v) is 6.19. The van der Waals surface area contributed by atoms with E-state index in [2.05, 4.69) is 109 Å². The zero-order chi connectivity index (χ0) is 31.2. The van der Waals surface area contributed by atoms with E-state index in [0.717, 1.165) is 78.9 Å². The van der Waals surface area contributed by atoms with Crippen molar-refractivity contribution < 1.29 is 14.2 Å². The molecule has 0 saturated carbocycles. The van der Waals surface area contributed by atoms with Gasteiger partial charge in [0, 0.05) is 37.3 Å². The second-order valence-corrected chi connectivity index (χ2v) is 11.9. The third-order valence-electron chi connectivity index (χ3n) is 8.17. The number of fused-ring (bicyclic) bond motifs is 1. The van der Waals surface area contributed by atoms with Gasteiger partial charge in [-0.3, -0.25) is 4.90 Å². The Bertz CT molecular complexity index is 1720. The van der Waals surface area contributed by atoms with Crippen molar-refractivity contribution in [1.82, 2.24) is 14.5 Å². The molecule has 5 aromatic rings. The van der Waals surface area contributed by atoms with Gasteiger partial charge in [0.05, 0.1) is 18.0 Å².